The van der Waals surface area contributed by atoms with Gasteiger partial charge in [0.25, 0.3) is 0 Å². The molecule has 0 spiro atoms. The molecule has 0 aromatic heterocycles. The number of nitrogen functional groups attached to an aromatic ring is 3. The number of aromatic hydroxyl groups is 1. The van der Waals surface area contributed by atoms with Gasteiger partial charge in [-0.3, -0.25) is 0 Å². The van der Waals surface area contributed by atoms with Crippen molar-refractivity contribution in [1.29, 1.82) is 0 Å². The second kappa shape index (κ2) is 7.53. The molecule has 3 aromatic carbocycles. The van der Waals surface area contributed by atoms with Gasteiger partial charge in [-0.15, -0.1) is 0 Å². The van der Waals surface area contributed by atoms with Crippen LogP contribution in [0.5, 0.6) is 11.5 Å². The minimum atomic E-state index is -0.559. The maximum Gasteiger partial charge on any atom is 0.336 e. The van der Waals surface area contributed by atoms with Crippen LogP contribution in [0.2, 0.25) is 0 Å². The van der Waals surface area contributed by atoms with E-state index in [4.69, 9.17) is 21.9 Å². The standard InChI is InChI=1S/C21H19N3O3/c22-16-6-1-13(2-7-16)3-10-21(26)27-20-12-15(5-9-18(20)24)14-4-8-17(23)19(25)11-14/h1-12,25H,22-24H2/b10-3+. The van der Waals surface area contributed by atoms with Crippen LogP contribution in [0.25, 0.3) is 17.2 Å². The molecule has 0 aliphatic heterocycles. The Balaban J connectivity index is 1.78. The Bertz CT molecular complexity index is 1010. The SMILES string of the molecule is Nc1ccc(/C=C/C(=O)Oc2cc(-c3ccc(N)c(O)c3)ccc2N)cc1. The summed E-state index contributed by atoms with van der Waals surface area (Å²) in [6, 6.07) is 17.0. The Kier molecular flexibility index (Phi) is 4.99. The highest BCUT2D eigenvalue weighted by Gasteiger charge is 2.09. The van der Waals surface area contributed by atoms with E-state index in [9.17, 15) is 9.90 Å². The first-order valence-electron chi connectivity index (χ1n) is 8.16. The molecule has 0 aliphatic carbocycles. The van der Waals surface area contributed by atoms with E-state index in [2.05, 4.69) is 0 Å². The van der Waals surface area contributed by atoms with Gasteiger partial charge in [-0.25, -0.2) is 4.79 Å². The van der Waals surface area contributed by atoms with E-state index in [1.54, 1.807) is 60.7 Å². The second-order valence-electron chi connectivity index (χ2n) is 5.95. The highest BCUT2D eigenvalue weighted by atomic mass is 16.5. The van der Waals surface area contributed by atoms with Crippen LogP contribution in [0.1, 0.15) is 5.56 Å². The largest absolute Gasteiger partial charge is 0.506 e. The molecule has 0 unspecified atom stereocenters. The lowest BCUT2D eigenvalue weighted by molar-refractivity contribution is -0.128. The van der Waals surface area contributed by atoms with Crippen LogP contribution in [0, 0.1) is 0 Å². The van der Waals surface area contributed by atoms with Crippen molar-refractivity contribution in [1.82, 2.24) is 0 Å². The molecule has 6 nitrogen and oxygen atoms in total. The number of benzene rings is 3. The first-order valence-corrected chi connectivity index (χ1v) is 8.16. The quantitative estimate of drug-likeness (QED) is 0.185. The molecule has 6 heteroatoms. The Morgan fingerprint density at radius 2 is 1.48 bits per heavy atom. The Morgan fingerprint density at radius 3 is 2.15 bits per heavy atom. The summed E-state index contributed by atoms with van der Waals surface area (Å²) in [5.41, 5.74) is 20.7. The fourth-order valence-electron chi connectivity index (χ4n) is 2.44. The number of ether oxygens (including phenoxy) is 1. The van der Waals surface area contributed by atoms with Crippen molar-refractivity contribution >= 4 is 29.1 Å². The highest BCUT2D eigenvalue weighted by molar-refractivity contribution is 5.90. The number of carbonyl (C=O) groups is 1. The van der Waals surface area contributed by atoms with Gasteiger partial charge < -0.3 is 27.0 Å². The summed E-state index contributed by atoms with van der Waals surface area (Å²) in [6.07, 6.45) is 2.94. The number of phenols is 1. The second-order valence-corrected chi connectivity index (χ2v) is 5.95. The van der Waals surface area contributed by atoms with Crippen LogP contribution in [0.3, 0.4) is 0 Å². The molecule has 0 atom stereocenters. The number of esters is 1. The van der Waals surface area contributed by atoms with Crippen molar-refractivity contribution in [2.45, 2.75) is 0 Å². The Hall–Kier alpha value is -3.93. The molecular formula is C21H19N3O3. The highest BCUT2D eigenvalue weighted by Crippen LogP contribution is 2.32. The summed E-state index contributed by atoms with van der Waals surface area (Å²) in [6.45, 7) is 0. The molecular weight excluding hydrogens is 342 g/mol. The average molecular weight is 361 g/mol. The molecule has 27 heavy (non-hydrogen) atoms. The number of carbonyl (C=O) groups excluding carboxylic acids is 1. The average Bonchev–Trinajstić information content (AvgIpc) is 2.65. The van der Waals surface area contributed by atoms with E-state index in [-0.39, 0.29) is 17.2 Å². The zero-order valence-corrected chi connectivity index (χ0v) is 14.4. The maximum atomic E-state index is 12.1. The van der Waals surface area contributed by atoms with Gasteiger partial charge in [-0.1, -0.05) is 24.3 Å². The van der Waals surface area contributed by atoms with E-state index >= 15 is 0 Å². The molecule has 0 amide bonds. The predicted octanol–water partition coefficient (Wildman–Crippen LogP) is 3.42. The lowest BCUT2D eigenvalue weighted by Crippen LogP contribution is -2.06. The third-order valence-corrected chi connectivity index (χ3v) is 3.94. The van der Waals surface area contributed by atoms with Gasteiger partial charge in [-0.05, 0) is 59.2 Å². The van der Waals surface area contributed by atoms with E-state index in [1.807, 2.05) is 0 Å². The Labute approximate surface area is 156 Å². The van der Waals surface area contributed by atoms with E-state index in [0.717, 1.165) is 16.7 Å². The molecule has 0 saturated heterocycles. The molecule has 0 saturated carbocycles. The zero-order chi connectivity index (χ0) is 19.4. The van der Waals surface area contributed by atoms with Crippen molar-refractivity contribution in [2.75, 3.05) is 17.2 Å². The zero-order valence-electron chi connectivity index (χ0n) is 14.4. The van der Waals surface area contributed by atoms with Gasteiger partial charge in [-0.2, -0.15) is 0 Å². The van der Waals surface area contributed by atoms with Gasteiger partial charge in [0, 0.05) is 11.8 Å². The first kappa shape index (κ1) is 17.9. The number of anilines is 3. The minimum absolute atomic E-state index is 0.0192. The number of hydrogen-bond acceptors (Lipinski definition) is 6. The van der Waals surface area contributed by atoms with Crippen molar-refractivity contribution in [2.24, 2.45) is 0 Å². The monoisotopic (exact) mass is 361 g/mol. The maximum absolute atomic E-state index is 12.1. The molecule has 0 fully saturated rings. The lowest BCUT2D eigenvalue weighted by atomic mass is 10.0. The van der Waals surface area contributed by atoms with Crippen LogP contribution >= 0.6 is 0 Å². The van der Waals surface area contributed by atoms with E-state index in [0.29, 0.717) is 11.4 Å². The third-order valence-electron chi connectivity index (χ3n) is 3.94. The third kappa shape index (κ3) is 4.38. The topological polar surface area (TPSA) is 125 Å². The van der Waals surface area contributed by atoms with Crippen molar-refractivity contribution in [3.8, 4) is 22.6 Å². The molecule has 0 radical (unpaired) electrons. The molecule has 0 heterocycles. The molecule has 0 bridgehead atoms. The summed E-state index contributed by atoms with van der Waals surface area (Å²) >= 11 is 0. The first-order chi connectivity index (χ1) is 12.9. The summed E-state index contributed by atoms with van der Waals surface area (Å²) in [5, 5.41) is 9.77. The lowest BCUT2D eigenvalue weighted by Gasteiger charge is -2.09. The fourth-order valence-corrected chi connectivity index (χ4v) is 2.44. The molecule has 136 valence electrons. The van der Waals surface area contributed by atoms with Gasteiger partial charge in [0.05, 0.1) is 11.4 Å². The van der Waals surface area contributed by atoms with Gasteiger partial charge in [0.2, 0.25) is 0 Å². The number of nitrogens with two attached hydrogens (primary N) is 3. The van der Waals surface area contributed by atoms with Crippen molar-refractivity contribution in [3.05, 3.63) is 72.3 Å². The van der Waals surface area contributed by atoms with Crippen LogP contribution in [0.4, 0.5) is 17.1 Å². The van der Waals surface area contributed by atoms with Crippen LogP contribution in [-0.4, -0.2) is 11.1 Å². The van der Waals surface area contributed by atoms with Crippen LogP contribution in [-0.2, 0) is 4.79 Å². The van der Waals surface area contributed by atoms with E-state index in [1.165, 1.54) is 12.1 Å². The van der Waals surface area contributed by atoms with Crippen molar-refractivity contribution in [3.63, 3.8) is 0 Å². The smallest absolute Gasteiger partial charge is 0.336 e. The summed E-state index contributed by atoms with van der Waals surface area (Å²) in [7, 11) is 0. The van der Waals surface area contributed by atoms with Crippen molar-refractivity contribution < 1.29 is 14.6 Å². The molecule has 3 aromatic rings. The van der Waals surface area contributed by atoms with Crippen LogP contribution < -0.4 is 21.9 Å². The summed E-state index contributed by atoms with van der Waals surface area (Å²) in [5.74, 6) is -0.346. The van der Waals surface area contributed by atoms with Gasteiger partial charge >= 0.3 is 5.97 Å². The fraction of sp³-hybridized carbons (Fsp3) is 0. The van der Waals surface area contributed by atoms with Gasteiger partial charge in [0.1, 0.15) is 5.75 Å². The number of rotatable bonds is 4. The summed E-state index contributed by atoms with van der Waals surface area (Å²) < 4.78 is 5.34. The molecule has 3 rings (SSSR count). The molecule has 7 N–H and O–H groups in total. The summed E-state index contributed by atoms with van der Waals surface area (Å²) in [4.78, 5) is 12.1. The number of hydrogen-bond donors (Lipinski definition) is 4. The molecule has 0 aliphatic rings. The van der Waals surface area contributed by atoms with Crippen LogP contribution in [0.15, 0.2) is 66.7 Å². The minimum Gasteiger partial charge on any atom is -0.506 e. The van der Waals surface area contributed by atoms with E-state index < -0.39 is 5.97 Å². The normalized spacial score (nSPS) is 10.8. The van der Waals surface area contributed by atoms with Gasteiger partial charge in [0.15, 0.2) is 5.75 Å². The Morgan fingerprint density at radius 1 is 0.852 bits per heavy atom. The number of phenolic OH excluding ortho intramolecular Hbond substituents is 1. The predicted molar refractivity (Wildman–Crippen MR) is 108 cm³/mol.